The van der Waals surface area contributed by atoms with Crippen LogP contribution in [0.15, 0.2) is 24.3 Å². The zero-order valence-corrected chi connectivity index (χ0v) is 13.8. The fraction of sp³-hybridized carbons (Fsp3) is 0.529. The SMILES string of the molecule is COC(=O)N1CCCN(C(=O)CCc2ccccc2OC)CC1. The summed E-state index contributed by atoms with van der Waals surface area (Å²) in [7, 11) is 3.01. The zero-order chi connectivity index (χ0) is 16.7. The van der Waals surface area contributed by atoms with E-state index >= 15 is 0 Å². The van der Waals surface area contributed by atoms with Crippen molar-refractivity contribution < 1.29 is 19.1 Å². The minimum Gasteiger partial charge on any atom is -0.496 e. The topological polar surface area (TPSA) is 59.1 Å². The Balaban J connectivity index is 1.87. The summed E-state index contributed by atoms with van der Waals surface area (Å²) in [6.45, 7) is 2.38. The highest BCUT2D eigenvalue weighted by atomic mass is 16.5. The van der Waals surface area contributed by atoms with Gasteiger partial charge in [-0.1, -0.05) is 18.2 Å². The van der Waals surface area contributed by atoms with Gasteiger partial charge in [0.25, 0.3) is 0 Å². The number of hydrogen-bond acceptors (Lipinski definition) is 4. The second-order valence-corrected chi connectivity index (χ2v) is 5.50. The Hall–Kier alpha value is -2.24. The predicted molar refractivity (Wildman–Crippen MR) is 86.5 cm³/mol. The van der Waals surface area contributed by atoms with Crippen LogP contribution in [0, 0.1) is 0 Å². The maximum Gasteiger partial charge on any atom is 0.409 e. The number of benzene rings is 1. The fourth-order valence-corrected chi connectivity index (χ4v) is 2.79. The molecule has 2 rings (SSSR count). The molecule has 23 heavy (non-hydrogen) atoms. The lowest BCUT2D eigenvalue weighted by molar-refractivity contribution is -0.131. The van der Waals surface area contributed by atoms with Gasteiger partial charge in [-0.15, -0.1) is 0 Å². The van der Waals surface area contributed by atoms with E-state index in [0.717, 1.165) is 17.7 Å². The molecule has 1 aliphatic heterocycles. The van der Waals surface area contributed by atoms with E-state index < -0.39 is 0 Å². The van der Waals surface area contributed by atoms with Crippen molar-refractivity contribution in [1.29, 1.82) is 0 Å². The highest BCUT2D eigenvalue weighted by Gasteiger charge is 2.22. The van der Waals surface area contributed by atoms with E-state index in [4.69, 9.17) is 9.47 Å². The number of amides is 2. The molecule has 0 radical (unpaired) electrons. The van der Waals surface area contributed by atoms with Gasteiger partial charge >= 0.3 is 6.09 Å². The van der Waals surface area contributed by atoms with E-state index in [1.165, 1.54) is 7.11 Å². The average molecular weight is 320 g/mol. The van der Waals surface area contributed by atoms with Gasteiger partial charge in [0.05, 0.1) is 14.2 Å². The Labute approximate surface area is 137 Å². The summed E-state index contributed by atoms with van der Waals surface area (Å²) < 4.78 is 10.1. The molecule has 6 heteroatoms. The molecule has 2 amide bonds. The van der Waals surface area contributed by atoms with E-state index in [9.17, 15) is 9.59 Å². The number of methoxy groups -OCH3 is 2. The van der Waals surface area contributed by atoms with Crippen molar-refractivity contribution in [1.82, 2.24) is 9.80 Å². The lowest BCUT2D eigenvalue weighted by Gasteiger charge is -2.21. The second-order valence-electron chi connectivity index (χ2n) is 5.50. The quantitative estimate of drug-likeness (QED) is 0.850. The maximum atomic E-state index is 12.4. The van der Waals surface area contributed by atoms with Crippen LogP contribution in [0.25, 0.3) is 0 Å². The first-order chi connectivity index (χ1) is 11.2. The van der Waals surface area contributed by atoms with Gasteiger partial charge in [0.1, 0.15) is 5.75 Å². The standard InChI is InChI=1S/C17H24N2O4/c1-22-15-7-4-3-6-14(15)8-9-16(20)18-10-5-11-19(13-12-18)17(21)23-2/h3-4,6-7H,5,8-13H2,1-2H3. The summed E-state index contributed by atoms with van der Waals surface area (Å²) in [5.74, 6) is 0.927. The number of nitrogens with zero attached hydrogens (tertiary/aromatic N) is 2. The molecule has 0 atom stereocenters. The van der Waals surface area contributed by atoms with Crippen molar-refractivity contribution in [3.63, 3.8) is 0 Å². The van der Waals surface area contributed by atoms with Gasteiger partial charge in [0.15, 0.2) is 0 Å². The van der Waals surface area contributed by atoms with Crippen molar-refractivity contribution in [2.45, 2.75) is 19.3 Å². The summed E-state index contributed by atoms with van der Waals surface area (Å²) in [5.41, 5.74) is 1.04. The van der Waals surface area contributed by atoms with E-state index in [1.54, 1.807) is 12.0 Å². The van der Waals surface area contributed by atoms with Crippen molar-refractivity contribution >= 4 is 12.0 Å². The van der Waals surface area contributed by atoms with Crippen molar-refractivity contribution in [2.24, 2.45) is 0 Å². The Kier molecular flexibility index (Phi) is 6.26. The summed E-state index contributed by atoms with van der Waals surface area (Å²) in [4.78, 5) is 27.5. The summed E-state index contributed by atoms with van der Waals surface area (Å²) in [6.07, 6.45) is 1.54. The van der Waals surface area contributed by atoms with E-state index in [0.29, 0.717) is 39.0 Å². The molecule has 126 valence electrons. The van der Waals surface area contributed by atoms with Gasteiger partial charge in [-0.25, -0.2) is 4.79 Å². The highest BCUT2D eigenvalue weighted by Crippen LogP contribution is 2.19. The zero-order valence-electron chi connectivity index (χ0n) is 13.8. The molecule has 0 N–H and O–H groups in total. The summed E-state index contributed by atoms with van der Waals surface area (Å²) in [5, 5.41) is 0. The fourth-order valence-electron chi connectivity index (χ4n) is 2.79. The molecule has 1 aromatic rings. The van der Waals surface area contributed by atoms with Crippen LogP contribution in [0.2, 0.25) is 0 Å². The largest absolute Gasteiger partial charge is 0.496 e. The van der Waals surface area contributed by atoms with Crippen LogP contribution in [0.3, 0.4) is 0 Å². The number of rotatable bonds is 4. The Morgan fingerprint density at radius 1 is 1.04 bits per heavy atom. The first-order valence-corrected chi connectivity index (χ1v) is 7.88. The monoisotopic (exact) mass is 320 g/mol. The molecule has 1 heterocycles. The van der Waals surface area contributed by atoms with Gasteiger partial charge in [-0.05, 0) is 24.5 Å². The number of carbonyl (C=O) groups excluding carboxylic acids is 2. The smallest absolute Gasteiger partial charge is 0.409 e. The van der Waals surface area contributed by atoms with Crippen LogP contribution in [-0.2, 0) is 16.0 Å². The number of hydrogen-bond donors (Lipinski definition) is 0. The Morgan fingerprint density at radius 2 is 1.74 bits per heavy atom. The van der Waals surface area contributed by atoms with Crippen molar-refractivity contribution in [3.8, 4) is 5.75 Å². The van der Waals surface area contributed by atoms with Gasteiger partial charge in [0, 0.05) is 32.6 Å². The maximum absolute atomic E-state index is 12.4. The molecule has 1 aliphatic rings. The van der Waals surface area contributed by atoms with E-state index in [2.05, 4.69) is 0 Å². The molecule has 0 spiro atoms. The first kappa shape index (κ1) is 17.1. The lowest BCUT2D eigenvalue weighted by Crippen LogP contribution is -2.37. The predicted octanol–water partition coefficient (Wildman–Crippen LogP) is 1.93. The van der Waals surface area contributed by atoms with Crippen LogP contribution in [0.5, 0.6) is 5.75 Å². The minimum absolute atomic E-state index is 0.114. The molecule has 1 fully saturated rings. The molecule has 1 aromatic carbocycles. The number of carbonyl (C=O) groups is 2. The molecule has 0 aliphatic carbocycles. The van der Waals surface area contributed by atoms with Gasteiger partial charge in [0.2, 0.25) is 5.91 Å². The van der Waals surface area contributed by atoms with Crippen LogP contribution < -0.4 is 4.74 Å². The average Bonchev–Trinajstić information content (AvgIpc) is 2.85. The highest BCUT2D eigenvalue weighted by molar-refractivity contribution is 5.76. The molecular weight excluding hydrogens is 296 g/mol. The van der Waals surface area contributed by atoms with Crippen LogP contribution in [-0.4, -0.2) is 62.2 Å². The molecule has 0 bridgehead atoms. The number of aryl methyl sites for hydroxylation is 1. The number of para-hydroxylation sites is 1. The van der Waals surface area contributed by atoms with Crippen LogP contribution in [0.4, 0.5) is 4.79 Å². The number of ether oxygens (including phenoxy) is 2. The molecular formula is C17H24N2O4. The first-order valence-electron chi connectivity index (χ1n) is 7.88. The Bertz CT molecular complexity index is 547. The summed E-state index contributed by atoms with van der Waals surface area (Å²) in [6, 6.07) is 7.75. The molecule has 0 saturated carbocycles. The van der Waals surface area contributed by atoms with Gasteiger partial charge < -0.3 is 19.3 Å². The third-order valence-corrected chi connectivity index (χ3v) is 4.08. The Morgan fingerprint density at radius 3 is 2.48 bits per heavy atom. The van der Waals surface area contributed by atoms with Gasteiger partial charge in [-0.2, -0.15) is 0 Å². The van der Waals surface area contributed by atoms with Crippen molar-refractivity contribution in [3.05, 3.63) is 29.8 Å². The normalized spacial score (nSPS) is 15.0. The molecule has 1 saturated heterocycles. The third kappa shape index (κ3) is 4.61. The molecule has 0 aromatic heterocycles. The summed E-state index contributed by atoms with van der Waals surface area (Å²) >= 11 is 0. The lowest BCUT2D eigenvalue weighted by atomic mass is 10.1. The van der Waals surface area contributed by atoms with E-state index in [1.807, 2.05) is 29.2 Å². The van der Waals surface area contributed by atoms with Crippen LogP contribution >= 0.6 is 0 Å². The molecule has 0 unspecified atom stereocenters. The third-order valence-electron chi connectivity index (χ3n) is 4.08. The second kappa shape index (κ2) is 8.41. The van der Waals surface area contributed by atoms with Crippen molar-refractivity contribution in [2.75, 3.05) is 40.4 Å². The van der Waals surface area contributed by atoms with E-state index in [-0.39, 0.29) is 12.0 Å². The minimum atomic E-state index is -0.326. The van der Waals surface area contributed by atoms with Gasteiger partial charge in [-0.3, -0.25) is 4.79 Å². The molecule has 6 nitrogen and oxygen atoms in total. The van der Waals surface area contributed by atoms with Crippen LogP contribution in [0.1, 0.15) is 18.4 Å².